The van der Waals surface area contributed by atoms with Gasteiger partial charge in [0.2, 0.25) is 10.0 Å². The molecular weight excluding hydrogens is 591 g/mol. The second-order valence-corrected chi connectivity index (χ2v) is 11.6. The summed E-state index contributed by atoms with van der Waals surface area (Å²) in [7, 11) is -3.44. The maximum Gasteiger partial charge on any atom is 0.490 e. The van der Waals surface area contributed by atoms with Crippen molar-refractivity contribution in [2.45, 2.75) is 36.8 Å². The van der Waals surface area contributed by atoms with Crippen molar-refractivity contribution in [3.05, 3.63) is 78.1 Å². The first-order valence-corrected chi connectivity index (χ1v) is 14.6. The average molecular weight is 620 g/mol. The lowest BCUT2D eigenvalue weighted by atomic mass is 10.0. The molecule has 3 heterocycles. The number of halogens is 3. The second-order valence-electron chi connectivity index (χ2n) is 9.64. The molecule has 3 N–H and O–H groups in total. The fourth-order valence-electron chi connectivity index (χ4n) is 4.50. The molecule has 10 nitrogen and oxygen atoms in total. The fourth-order valence-corrected chi connectivity index (χ4v) is 6.02. The molecule has 5 rings (SSSR count). The van der Waals surface area contributed by atoms with Crippen LogP contribution in [0.3, 0.4) is 0 Å². The van der Waals surface area contributed by atoms with Crippen LogP contribution >= 0.6 is 0 Å². The normalized spacial score (nSPS) is 13.8. The molecule has 1 aliphatic rings. The molecule has 1 aliphatic heterocycles. The van der Waals surface area contributed by atoms with Crippen LogP contribution in [-0.4, -0.2) is 70.7 Å². The summed E-state index contributed by atoms with van der Waals surface area (Å²) in [5.41, 5.74) is 3.96. The molecule has 228 valence electrons. The third-order valence-corrected chi connectivity index (χ3v) is 8.57. The monoisotopic (exact) mass is 619 g/mol. The lowest BCUT2D eigenvalue weighted by molar-refractivity contribution is -0.192. The van der Waals surface area contributed by atoms with E-state index in [4.69, 9.17) is 19.7 Å². The molecule has 4 aromatic rings. The number of aromatic nitrogens is 2. The highest BCUT2D eigenvalue weighted by molar-refractivity contribution is 7.89. The van der Waals surface area contributed by atoms with Crippen LogP contribution < -0.4 is 4.74 Å². The number of alkyl halides is 3. The number of benzene rings is 2. The van der Waals surface area contributed by atoms with Gasteiger partial charge < -0.3 is 19.9 Å². The van der Waals surface area contributed by atoms with E-state index < -0.39 is 28.1 Å². The largest absolute Gasteiger partial charge is 0.494 e. The van der Waals surface area contributed by atoms with Crippen molar-refractivity contribution in [3.63, 3.8) is 0 Å². The van der Waals surface area contributed by atoms with Gasteiger partial charge in [-0.2, -0.15) is 17.5 Å². The van der Waals surface area contributed by atoms with Crippen molar-refractivity contribution in [1.82, 2.24) is 14.3 Å². The SMILES string of the molecule is O=C(O)C(F)(F)F.O=C(O)c1ccc(OCCCc2cc3c(-c4ccc(S(=O)(=O)N5CCCC5)cc4)ccnc3[nH]2)cc1. The molecule has 0 bridgehead atoms. The van der Waals surface area contributed by atoms with Gasteiger partial charge in [0.1, 0.15) is 11.4 Å². The predicted octanol–water partition coefficient (Wildman–Crippen LogP) is 5.36. The van der Waals surface area contributed by atoms with Crippen LogP contribution in [0.1, 0.15) is 35.3 Å². The van der Waals surface area contributed by atoms with Gasteiger partial charge in [-0.3, -0.25) is 0 Å². The van der Waals surface area contributed by atoms with E-state index in [1.54, 1.807) is 34.8 Å². The van der Waals surface area contributed by atoms with Crippen LogP contribution in [0, 0.1) is 0 Å². The lowest BCUT2D eigenvalue weighted by Crippen LogP contribution is -2.27. The number of sulfonamides is 1. The molecule has 0 unspecified atom stereocenters. The minimum absolute atomic E-state index is 0.228. The zero-order valence-corrected chi connectivity index (χ0v) is 23.5. The Morgan fingerprint density at radius 2 is 1.60 bits per heavy atom. The van der Waals surface area contributed by atoms with E-state index in [2.05, 4.69) is 16.0 Å². The van der Waals surface area contributed by atoms with E-state index in [0.717, 1.165) is 53.5 Å². The van der Waals surface area contributed by atoms with Crippen molar-refractivity contribution in [1.29, 1.82) is 0 Å². The number of hydrogen-bond acceptors (Lipinski definition) is 6. The van der Waals surface area contributed by atoms with E-state index in [0.29, 0.717) is 30.3 Å². The van der Waals surface area contributed by atoms with Crippen LogP contribution in [0.5, 0.6) is 5.75 Å². The van der Waals surface area contributed by atoms with E-state index >= 15 is 0 Å². The van der Waals surface area contributed by atoms with Gasteiger partial charge in [0, 0.05) is 30.4 Å². The van der Waals surface area contributed by atoms with E-state index in [-0.39, 0.29) is 5.56 Å². The first kappa shape index (κ1) is 31.5. The van der Waals surface area contributed by atoms with Crippen LogP contribution in [0.2, 0.25) is 0 Å². The number of nitrogens with one attached hydrogen (secondary N) is 1. The Balaban J connectivity index is 0.000000541. The van der Waals surface area contributed by atoms with Crippen molar-refractivity contribution < 1.29 is 46.1 Å². The van der Waals surface area contributed by atoms with Gasteiger partial charge in [-0.25, -0.2) is 23.0 Å². The molecule has 0 aliphatic carbocycles. The number of aliphatic carboxylic acids is 1. The number of H-pyrrole nitrogens is 1. The summed E-state index contributed by atoms with van der Waals surface area (Å²) >= 11 is 0. The summed E-state index contributed by atoms with van der Waals surface area (Å²) in [5, 5.41) is 17.1. The third-order valence-electron chi connectivity index (χ3n) is 6.66. The maximum atomic E-state index is 12.8. The number of carbonyl (C=O) groups is 2. The molecule has 2 aromatic carbocycles. The van der Waals surface area contributed by atoms with Gasteiger partial charge in [-0.05, 0) is 85.3 Å². The van der Waals surface area contributed by atoms with Crippen molar-refractivity contribution >= 4 is 33.0 Å². The number of aromatic amines is 1. The predicted molar refractivity (Wildman–Crippen MR) is 150 cm³/mol. The Morgan fingerprint density at radius 3 is 2.19 bits per heavy atom. The summed E-state index contributed by atoms with van der Waals surface area (Å²) < 4.78 is 64.7. The highest BCUT2D eigenvalue weighted by atomic mass is 32.2. The molecular formula is C29H28F3N3O7S. The zero-order valence-electron chi connectivity index (χ0n) is 22.7. The molecule has 14 heteroatoms. The second kappa shape index (κ2) is 13.3. The van der Waals surface area contributed by atoms with Crippen molar-refractivity contribution in [2.24, 2.45) is 0 Å². The first-order chi connectivity index (χ1) is 20.4. The van der Waals surface area contributed by atoms with Gasteiger partial charge in [0.05, 0.1) is 17.1 Å². The quantitative estimate of drug-likeness (QED) is 0.212. The summed E-state index contributed by atoms with van der Waals surface area (Å²) in [4.78, 5) is 28.0. The topological polar surface area (TPSA) is 150 Å². The molecule has 0 radical (unpaired) electrons. The Bertz CT molecular complexity index is 1680. The molecule has 1 saturated heterocycles. The smallest absolute Gasteiger partial charge is 0.490 e. The number of fused-ring (bicyclic) bond motifs is 1. The summed E-state index contributed by atoms with van der Waals surface area (Å²) in [6.45, 7) is 1.67. The molecule has 2 aromatic heterocycles. The molecule has 0 atom stereocenters. The Hall–Kier alpha value is -4.43. The van der Waals surface area contributed by atoms with Gasteiger partial charge in [0.15, 0.2) is 0 Å². The third kappa shape index (κ3) is 7.90. The van der Waals surface area contributed by atoms with Crippen LogP contribution in [-0.2, 0) is 21.2 Å². The molecule has 0 spiro atoms. The average Bonchev–Trinajstić information content (AvgIpc) is 3.66. The summed E-state index contributed by atoms with van der Waals surface area (Å²) in [5.74, 6) is -3.08. The van der Waals surface area contributed by atoms with Crippen molar-refractivity contribution in [3.8, 4) is 16.9 Å². The summed E-state index contributed by atoms with van der Waals surface area (Å²) in [6.07, 6.45) is 0.0148. The van der Waals surface area contributed by atoms with E-state index in [1.165, 1.54) is 12.1 Å². The number of rotatable bonds is 9. The minimum atomic E-state index is -5.08. The van der Waals surface area contributed by atoms with E-state index in [9.17, 15) is 26.4 Å². The van der Waals surface area contributed by atoms with Gasteiger partial charge in [0.25, 0.3) is 0 Å². The molecule has 43 heavy (non-hydrogen) atoms. The molecule has 0 saturated carbocycles. The number of carboxylic acid groups (broad SMARTS) is 2. The van der Waals surface area contributed by atoms with Gasteiger partial charge in [-0.15, -0.1) is 0 Å². The Labute approximate surface area is 244 Å². The summed E-state index contributed by atoms with van der Waals surface area (Å²) in [6, 6.07) is 17.5. The van der Waals surface area contributed by atoms with Crippen LogP contribution in [0.4, 0.5) is 13.2 Å². The van der Waals surface area contributed by atoms with Crippen LogP contribution in [0.25, 0.3) is 22.2 Å². The number of pyridine rings is 1. The number of aryl methyl sites for hydroxylation is 1. The number of carboxylic acids is 2. The zero-order chi connectivity index (χ0) is 31.2. The number of ether oxygens (including phenoxy) is 1. The lowest BCUT2D eigenvalue weighted by Gasteiger charge is -2.15. The first-order valence-electron chi connectivity index (χ1n) is 13.2. The number of hydrogen-bond donors (Lipinski definition) is 3. The van der Waals surface area contributed by atoms with Gasteiger partial charge in [-0.1, -0.05) is 12.1 Å². The van der Waals surface area contributed by atoms with Crippen molar-refractivity contribution in [2.75, 3.05) is 19.7 Å². The minimum Gasteiger partial charge on any atom is -0.494 e. The Kier molecular flexibility index (Phi) is 9.71. The van der Waals surface area contributed by atoms with Crippen LogP contribution in [0.15, 0.2) is 71.8 Å². The number of aromatic carboxylic acids is 1. The molecule has 0 amide bonds. The Morgan fingerprint density at radius 1 is 0.977 bits per heavy atom. The molecule has 1 fully saturated rings. The highest BCUT2D eigenvalue weighted by Gasteiger charge is 2.38. The highest BCUT2D eigenvalue weighted by Crippen LogP contribution is 2.30. The van der Waals surface area contributed by atoms with Gasteiger partial charge >= 0.3 is 18.1 Å². The van der Waals surface area contributed by atoms with E-state index in [1.807, 2.05) is 18.2 Å². The number of nitrogens with zero attached hydrogens (tertiary/aromatic N) is 2. The fraction of sp³-hybridized carbons (Fsp3) is 0.276. The standard InChI is InChI=1S/C27H27N3O5S.C2HF3O2/c31-27(32)20-5-9-22(10-6-20)35-17-3-4-21-18-25-24(13-14-28-26(25)29-21)19-7-11-23(12-8-19)36(33,34)30-15-1-2-16-30;3-2(4,5)1(6)7/h5-14,18H,1-4,15-17H2,(H,28,29)(H,31,32);(H,6,7). The maximum absolute atomic E-state index is 12.8.